The van der Waals surface area contributed by atoms with Gasteiger partial charge in [-0.25, -0.2) is 4.79 Å². The quantitative estimate of drug-likeness (QED) is 0.512. The minimum absolute atomic E-state index is 0.0277. The molecule has 2 fully saturated rings. The van der Waals surface area contributed by atoms with E-state index in [2.05, 4.69) is 19.8 Å². The fourth-order valence-electron chi connectivity index (χ4n) is 2.91. The molecule has 7 heteroatoms. The van der Waals surface area contributed by atoms with Gasteiger partial charge in [0, 0.05) is 13.1 Å². The summed E-state index contributed by atoms with van der Waals surface area (Å²) in [5.41, 5.74) is -0.765. The lowest BCUT2D eigenvalue weighted by Gasteiger charge is -2.39. The number of hydrogen-bond acceptors (Lipinski definition) is 5. The molecule has 0 saturated carbocycles. The zero-order valence-corrected chi connectivity index (χ0v) is 11.7. The first-order chi connectivity index (χ1) is 8.65. The highest BCUT2D eigenvalue weighted by Gasteiger charge is 2.51. The Hall–Kier alpha value is -0.710. The first-order valence-electron chi connectivity index (χ1n) is 6.22. The minimum atomic E-state index is -0.765. The number of fused-ring (bicyclic) bond motifs is 1. The zero-order valence-electron chi connectivity index (χ0n) is 10.6. The first-order valence-corrected chi connectivity index (χ1v) is 6.80. The van der Waals surface area contributed by atoms with Crippen molar-refractivity contribution in [1.29, 1.82) is 0 Å². The summed E-state index contributed by atoms with van der Waals surface area (Å²) >= 11 is 0. The highest BCUT2D eigenvalue weighted by atomic mass is 31.0. The molecule has 6 nitrogen and oxygen atoms in total. The Morgan fingerprint density at radius 3 is 3.06 bits per heavy atom. The maximum Gasteiger partial charge on any atom is 0.331 e. The van der Waals surface area contributed by atoms with Crippen LogP contribution in [0.5, 0.6) is 0 Å². The van der Waals surface area contributed by atoms with Crippen molar-refractivity contribution in [1.82, 2.24) is 15.3 Å². The Morgan fingerprint density at radius 2 is 2.39 bits per heavy atom. The molecule has 3 unspecified atom stereocenters. The molecule has 18 heavy (non-hydrogen) atoms. The van der Waals surface area contributed by atoms with Crippen molar-refractivity contribution in [3.63, 3.8) is 0 Å². The van der Waals surface area contributed by atoms with Gasteiger partial charge in [-0.15, -0.1) is 0 Å². The summed E-state index contributed by atoms with van der Waals surface area (Å²) in [6.45, 7) is 1.93. The lowest BCUT2D eigenvalue weighted by molar-refractivity contribution is -0.161. The normalized spacial score (nSPS) is 32.7. The lowest BCUT2D eigenvalue weighted by Crippen LogP contribution is -2.61. The molecule has 102 valence electrons. The number of nitrogens with one attached hydrogen (secondary N) is 2. The van der Waals surface area contributed by atoms with Gasteiger partial charge in [-0.2, -0.15) is 0 Å². The molecular weight excluding hydrogens is 253 g/mol. The Balaban J connectivity index is 2.31. The summed E-state index contributed by atoms with van der Waals surface area (Å²) in [6.07, 6.45) is 2.16. The van der Waals surface area contributed by atoms with Gasteiger partial charge in [-0.05, 0) is 25.8 Å². The van der Waals surface area contributed by atoms with Crippen LogP contribution in [-0.4, -0.2) is 55.1 Å². The lowest BCUT2D eigenvalue weighted by atomic mass is 9.90. The van der Waals surface area contributed by atoms with Gasteiger partial charge in [-0.3, -0.25) is 9.88 Å². The van der Waals surface area contributed by atoms with E-state index in [0.29, 0.717) is 32.5 Å². The van der Waals surface area contributed by atoms with Gasteiger partial charge in [0.25, 0.3) is 0 Å². The van der Waals surface area contributed by atoms with Crippen LogP contribution in [0, 0.1) is 0 Å². The number of carbonyl (C=O) groups is 2. The number of hydrogen-bond donors (Lipinski definition) is 2. The van der Waals surface area contributed by atoms with Crippen LogP contribution in [0.25, 0.3) is 0 Å². The van der Waals surface area contributed by atoms with Crippen LogP contribution in [0.2, 0.25) is 0 Å². The highest BCUT2D eigenvalue weighted by Crippen LogP contribution is 2.34. The van der Waals surface area contributed by atoms with E-state index in [1.165, 1.54) is 7.11 Å². The monoisotopic (exact) mass is 273 g/mol. The van der Waals surface area contributed by atoms with Crippen LogP contribution in [0.15, 0.2) is 0 Å². The third-order valence-electron chi connectivity index (χ3n) is 3.88. The number of rotatable bonds is 2. The van der Waals surface area contributed by atoms with E-state index in [-0.39, 0.29) is 17.9 Å². The second-order valence-electron chi connectivity index (χ2n) is 4.79. The molecule has 0 aromatic rings. The van der Waals surface area contributed by atoms with Gasteiger partial charge in [0.05, 0.1) is 7.11 Å². The van der Waals surface area contributed by atoms with Crippen LogP contribution >= 0.6 is 9.39 Å². The van der Waals surface area contributed by atoms with Gasteiger partial charge in [0.1, 0.15) is 11.6 Å². The maximum atomic E-state index is 12.4. The second-order valence-corrected chi connectivity index (χ2v) is 5.12. The Kier molecular flexibility index (Phi) is 4.20. The standard InChI is InChI=1S/C11H20N3O3P/c1-17-10(16)11-3-2-6-14(11)9(15)8(13-18)7-12-5-4-11/h8,12-13H,2-7,18H2,1H3. The Bertz CT molecular complexity index is 352. The number of methoxy groups -OCH3 is 1. The van der Waals surface area contributed by atoms with Crippen molar-refractivity contribution in [3.05, 3.63) is 0 Å². The largest absolute Gasteiger partial charge is 0.467 e. The zero-order chi connectivity index (χ0) is 13.2. The van der Waals surface area contributed by atoms with Crippen LogP contribution in [-0.2, 0) is 14.3 Å². The first kappa shape index (κ1) is 13.7. The molecule has 2 N–H and O–H groups in total. The average molecular weight is 273 g/mol. The van der Waals surface area contributed by atoms with Crippen molar-refractivity contribution >= 4 is 21.3 Å². The molecule has 0 radical (unpaired) electrons. The summed E-state index contributed by atoms with van der Waals surface area (Å²) in [5.74, 6) is -0.320. The van der Waals surface area contributed by atoms with Crippen LogP contribution < -0.4 is 10.4 Å². The van der Waals surface area contributed by atoms with Gasteiger partial charge >= 0.3 is 5.97 Å². The third-order valence-corrected chi connectivity index (χ3v) is 4.29. The van der Waals surface area contributed by atoms with Crippen LogP contribution in [0.4, 0.5) is 0 Å². The van der Waals surface area contributed by atoms with E-state index >= 15 is 0 Å². The number of nitrogens with zero attached hydrogens (tertiary/aromatic N) is 1. The molecule has 1 amide bonds. The Morgan fingerprint density at radius 1 is 1.61 bits per heavy atom. The van der Waals surface area contributed by atoms with Gasteiger partial charge in [0.15, 0.2) is 0 Å². The van der Waals surface area contributed by atoms with Crippen molar-refractivity contribution in [2.75, 3.05) is 26.7 Å². The van der Waals surface area contributed by atoms with Gasteiger partial charge in [0.2, 0.25) is 5.91 Å². The van der Waals surface area contributed by atoms with Crippen molar-refractivity contribution in [2.45, 2.75) is 30.8 Å². The van der Waals surface area contributed by atoms with Gasteiger partial charge < -0.3 is 15.0 Å². The molecule has 2 rings (SSSR count). The predicted octanol–water partition coefficient (Wildman–Crippen LogP) is -0.738. The Labute approximate surface area is 109 Å². The van der Waals surface area contributed by atoms with E-state index in [1.807, 2.05) is 0 Å². The summed E-state index contributed by atoms with van der Waals surface area (Å²) in [7, 11) is 3.76. The summed E-state index contributed by atoms with van der Waals surface area (Å²) in [5, 5.41) is 6.12. The van der Waals surface area contributed by atoms with Crippen LogP contribution in [0.3, 0.4) is 0 Å². The van der Waals surface area contributed by atoms with E-state index in [0.717, 1.165) is 6.42 Å². The summed E-state index contributed by atoms with van der Waals surface area (Å²) in [4.78, 5) is 26.3. The summed E-state index contributed by atoms with van der Waals surface area (Å²) < 4.78 is 4.92. The second kappa shape index (κ2) is 5.51. The number of esters is 1. The van der Waals surface area contributed by atoms with E-state index < -0.39 is 5.54 Å². The third kappa shape index (κ3) is 2.13. The molecular formula is C11H20N3O3P. The van der Waals surface area contributed by atoms with Crippen molar-refractivity contribution in [2.24, 2.45) is 0 Å². The van der Waals surface area contributed by atoms with Crippen LogP contribution in [0.1, 0.15) is 19.3 Å². The van der Waals surface area contributed by atoms with E-state index in [1.54, 1.807) is 4.90 Å². The predicted molar refractivity (Wildman–Crippen MR) is 69.8 cm³/mol. The molecule has 2 saturated heterocycles. The molecule has 0 aliphatic carbocycles. The molecule has 2 heterocycles. The number of amides is 1. The fourth-order valence-corrected chi connectivity index (χ4v) is 3.17. The maximum absolute atomic E-state index is 12.4. The SMILES string of the molecule is COC(=O)C12CCCN1C(=O)C(NP)CNCC2. The number of carbonyl (C=O) groups excluding carboxylic acids is 2. The van der Waals surface area contributed by atoms with Crippen molar-refractivity contribution < 1.29 is 14.3 Å². The molecule has 3 atom stereocenters. The van der Waals surface area contributed by atoms with Crippen molar-refractivity contribution in [3.8, 4) is 0 Å². The topological polar surface area (TPSA) is 70.7 Å². The molecule has 2 aliphatic rings. The molecule has 2 aliphatic heterocycles. The number of ether oxygens (including phenoxy) is 1. The molecule has 0 bridgehead atoms. The van der Waals surface area contributed by atoms with Gasteiger partial charge in [-0.1, -0.05) is 9.39 Å². The molecule has 0 aromatic heterocycles. The van der Waals surface area contributed by atoms with E-state index in [4.69, 9.17) is 4.74 Å². The van der Waals surface area contributed by atoms with E-state index in [9.17, 15) is 9.59 Å². The average Bonchev–Trinajstić information content (AvgIpc) is 2.80. The highest BCUT2D eigenvalue weighted by molar-refractivity contribution is 7.13. The minimum Gasteiger partial charge on any atom is -0.467 e. The molecule has 0 spiro atoms. The smallest absolute Gasteiger partial charge is 0.331 e. The fraction of sp³-hybridized carbons (Fsp3) is 0.818. The summed E-state index contributed by atoms with van der Waals surface area (Å²) in [6, 6.07) is -0.308. The molecule has 0 aromatic carbocycles.